The second-order valence-corrected chi connectivity index (χ2v) is 6.63. The Bertz CT molecular complexity index is 1030. The monoisotopic (exact) mass is 405 g/mol. The number of carbonyl (C=O) groups is 2. The van der Waals surface area contributed by atoms with Gasteiger partial charge in [0.05, 0.1) is 25.5 Å². The summed E-state index contributed by atoms with van der Waals surface area (Å²) in [7, 11) is 3.02. The summed E-state index contributed by atoms with van der Waals surface area (Å²) in [6.07, 6.45) is 0. The van der Waals surface area contributed by atoms with Crippen LogP contribution in [-0.4, -0.2) is 32.7 Å². The van der Waals surface area contributed by atoms with Crippen molar-refractivity contribution in [1.82, 2.24) is 0 Å². The largest absolute Gasteiger partial charge is 0.497 e. The molecule has 3 aromatic carbocycles. The molecule has 3 rings (SSSR count). The number of anilines is 1. The van der Waals surface area contributed by atoms with E-state index in [0.29, 0.717) is 22.7 Å². The third-order valence-corrected chi connectivity index (χ3v) is 4.52. The van der Waals surface area contributed by atoms with Crippen LogP contribution in [0.2, 0.25) is 0 Å². The molecule has 0 saturated carbocycles. The lowest BCUT2D eigenvalue weighted by Crippen LogP contribution is -2.21. The van der Waals surface area contributed by atoms with Crippen molar-refractivity contribution < 1.29 is 23.8 Å². The lowest BCUT2D eigenvalue weighted by atomic mass is 10.0. The molecular formula is C24H23NO5. The van der Waals surface area contributed by atoms with Crippen LogP contribution in [-0.2, 0) is 9.53 Å². The molecule has 0 atom stereocenters. The zero-order valence-electron chi connectivity index (χ0n) is 17.1. The van der Waals surface area contributed by atoms with Crippen molar-refractivity contribution in [2.24, 2.45) is 0 Å². The van der Waals surface area contributed by atoms with E-state index in [0.717, 1.165) is 11.1 Å². The minimum Gasteiger partial charge on any atom is -0.497 e. The Hall–Kier alpha value is -3.80. The summed E-state index contributed by atoms with van der Waals surface area (Å²) < 4.78 is 15.5. The Kier molecular flexibility index (Phi) is 6.70. The molecule has 0 aliphatic rings. The first kappa shape index (κ1) is 20.9. The van der Waals surface area contributed by atoms with Gasteiger partial charge in [0.25, 0.3) is 5.91 Å². The summed E-state index contributed by atoms with van der Waals surface area (Å²) in [6, 6.07) is 20.2. The highest BCUT2D eigenvalue weighted by Gasteiger charge is 2.13. The number of rotatable bonds is 7. The van der Waals surface area contributed by atoms with Crippen molar-refractivity contribution in [1.29, 1.82) is 0 Å². The number of amides is 1. The highest BCUT2D eigenvalue weighted by molar-refractivity contribution is 5.96. The molecule has 0 spiro atoms. The molecule has 0 aliphatic carbocycles. The minimum absolute atomic E-state index is 0.373. The molecule has 0 radical (unpaired) electrons. The Morgan fingerprint density at radius 1 is 0.833 bits per heavy atom. The van der Waals surface area contributed by atoms with Crippen molar-refractivity contribution in [3.8, 4) is 22.6 Å². The zero-order chi connectivity index (χ0) is 21.5. The predicted octanol–water partition coefficient (Wildman–Crippen LogP) is 4.47. The van der Waals surface area contributed by atoms with Crippen LogP contribution in [0, 0.1) is 6.92 Å². The van der Waals surface area contributed by atoms with Gasteiger partial charge in [-0.1, -0.05) is 42.0 Å². The number of hydrogen-bond acceptors (Lipinski definition) is 5. The van der Waals surface area contributed by atoms with Crippen LogP contribution in [0.25, 0.3) is 11.1 Å². The van der Waals surface area contributed by atoms with Crippen LogP contribution < -0.4 is 14.8 Å². The van der Waals surface area contributed by atoms with E-state index in [1.807, 2.05) is 43.3 Å². The number of methoxy groups -OCH3 is 2. The Morgan fingerprint density at radius 2 is 1.47 bits per heavy atom. The number of ether oxygens (including phenoxy) is 3. The number of benzene rings is 3. The Labute approximate surface area is 175 Å². The molecule has 3 aromatic rings. The van der Waals surface area contributed by atoms with Gasteiger partial charge in [-0.15, -0.1) is 0 Å². The highest BCUT2D eigenvalue weighted by Crippen LogP contribution is 2.28. The minimum atomic E-state index is -0.571. The van der Waals surface area contributed by atoms with E-state index in [1.54, 1.807) is 30.3 Å². The van der Waals surface area contributed by atoms with Crippen LogP contribution in [0.1, 0.15) is 15.9 Å². The quantitative estimate of drug-likeness (QED) is 0.587. The molecule has 6 heteroatoms. The summed E-state index contributed by atoms with van der Waals surface area (Å²) in [4.78, 5) is 24.5. The van der Waals surface area contributed by atoms with Crippen LogP contribution in [0.3, 0.4) is 0 Å². The zero-order valence-corrected chi connectivity index (χ0v) is 17.1. The number of carbonyl (C=O) groups excluding carboxylic acids is 2. The van der Waals surface area contributed by atoms with Crippen molar-refractivity contribution in [2.45, 2.75) is 6.92 Å². The molecule has 0 heterocycles. The molecule has 0 saturated heterocycles. The third kappa shape index (κ3) is 5.17. The van der Waals surface area contributed by atoms with E-state index in [1.165, 1.54) is 19.8 Å². The summed E-state index contributed by atoms with van der Waals surface area (Å²) in [5, 5.41) is 2.66. The average molecular weight is 405 g/mol. The van der Waals surface area contributed by atoms with Crippen molar-refractivity contribution >= 4 is 17.6 Å². The first-order valence-electron chi connectivity index (χ1n) is 9.36. The molecule has 0 bridgehead atoms. The van der Waals surface area contributed by atoms with Crippen LogP contribution >= 0.6 is 0 Å². The normalized spacial score (nSPS) is 10.2. The topological polar surface area (TPSA) is 73.9 Å². The number of esters is 1. The summed E-state index contributed by atoms with van der Waals surface area (Å²) in [5.74, 6) is -0.0108. The Morgan fingerprint density at radius 3 is 2.07 bits per heavy atom. The standard InChI is InChI=1S/C24H23NO5/c1-16-4-6-17(7-5-16)18-8-10-19(11-9-18)24(27)30-15-23(26)25-21-14-20(28-2)12-13-22(21)29-3/h4-14H,15H2,1-3H3,(H,25,26). The first-order valence-corrected chi connectivity index (χ1v) is 9.36. The van der Waals surface area contributed by atoms with Gasteiger partial charge in [-0.05, 0) is 42.3 Å². The predicted molar refractivity (Wildman–Crippen MR) is 115 cm³/mol. The summed E-state index contributed by atoms with van der Waals surface area (Å²) in [5.41, 5.74) is 4.04. The highest BCUT2D eigenvalue weighted by atomic mass is 16.5. The first-order chi connectivity index (χ1) is 14.5. The molecule has 6 nitrogen and oxygen atoms in total. The molecule has 1 N–H and O–H groups in total. The third-order valence-electron chi connectivity index (χ3n) is 4.52. The second-order valence-electron chi connectivity index (χ2n) is 6.63. The lowest BCUT2D eigenvalue weighted by molar-refractivity contribution is -0.119. The fraction of sp³-hybridized carbons (Fsp3) is 0.167. The van der Waals surface area contributed by atoms with Gasteiger partial charge in [0, 0.05) is 6.07 Å². The van der Waals surface area contributed by atoms with E-state index in [9.17, 15) is 9.59 Å². The molecule has 0 aliphatic heterocycles. The molecule has 0 unspecified atom stereocenters. The van der Waals surface area contributed by atoms with Gasteiger partial charge in [0.2, 0.25) is 0 Å². The SMILES string of the molecule is COc1ccc(OC)c(NC(=O)COC(=O)c2ccc(-c3ccc(C)cc3)cc2)c1. The van der Waals surface area contributed by atoms with Gasteiger partial charge in [-0.3, -0.25) is 4.79 Å². The maximum absolute atomic E-state index is 12.3. The summed E-state index contributed by atoms with van der Waals surface area (Å²) in [6.45, 7) is 1.61. The van der Waals surface area contributed by atoms with Gasteiger partial charge in [-0.2, -0.15) is 0 Å². The van der Waals surface area contributed by atoms with E-state index in [4.69, 9.17) is 14.2 Å². The maximum atomic E-state index is 12.3. The van der Waals surface area contributed by atoms with Crippen LogP contribution in [0.5, 0.6) is 11.5 Å². The fourth-order valence-corrected chi connectivity index (χ4v) is 2.86. The van der Waals surface area contributed by atoms with Crippen molar-refractivity contribution in [3.05, 3.63) is 77.9 Å². The second kappa shape index (κ2) is 9.60. The number of aryl methyl sites for hydroxylation is 1. The molecule has 1 amide bonds. The maximum Gasteiger partial charge on any atom is 0.338 e. The lowest BCUT2D eigenvalue weighted by Gasteiger charge is -2.12. The molecule has 0 aromatic heterocycles. The van der Waals surface area contributed by atoms with E-state index in [-0.39, 0.29) is 0 Å². The van der Waals surface area contributed by atoms with Crippen molar-refractivity contribution in [2.75, 3.05) is 26.1 Å². The smallest absolute Gasteiger partial charge is 0.338 e. The van der Waals surface area contributed by atoms with Crippen LogP contribution in [0.4, 0.5) is 5.69 Å². The molecule has 154 valence electrons. The van der Waals surface area contributed by atoms with Gasteiger partial charge in [0.1, 0.15) is 11.5 Å². The molecule has 30 heavy (non-hydrogen) atoms. The Balaban J connectivity index is 1.59. The van der Waals surface area contributed by atoms with Gasteiger partial charge < -0.3 is 19.5 Å². The van der Waals surface area contributed by atoms with Gasteiger partial charge >= 0.3 is 5.97 Å². The van der Waals surface area contributed by atoms with Crippen molar-refractivity contribution in [3.63, 3.8) is 0 Å². The van der Waals surface area contributed by atoms with Gasteiger partial charge in [-0.25, -0.2) is 4.79 Å². The molecule has 0 fully saturated rings. The number of nitrogens with one attached hydrogen (secondary N) is 1. The fourth-order valence-electron chi connectivity index (χ4n) is 2.86. The van der Waals surface area contributed by atoms with E-state index < -0.39 is 18.5 Å². The van der Waals surface area contributed by atoms with Gasteiger partial charge in [0.15, 0.2) is 6.61 Å². The molecular weight excluding hydrogens is 382 g/mol. The summed E-state index contributed by atoms with van der Waals surface area (Å²) >= 11 is 0. The van der Waals surface area contributed by atoms with E-state index >= 15 is 0 Å². The average Bonchev–Trinajstić information content (AvgIpc) is 2.78. The van der Waals surface area contributed by atoms with E-state index in [2.05, 4.69) is 5.32 Å². The number of hydrogen-bond donors (Lipinski definition) is 1. The van der Waals surface area contributed by atoms with Crippen LogP contribution in [0.15, 0.2) is 66.7 Å².